The second-order valence-electron chi connectivity index (χ2n) is 5.16. The minimum atomic E-state index is 0.756. The molecule has 0 amide bonds. The Hall–Kier alpha value is -0.590. The van der Waals surface area contributed by atoms with Crippen molar-refractivity contribution >= 4 is 6.29 Å². The summed E-state index contributed by atoms with van der Waals surface area (Å²) in [5.74, 6) is 0. The number of allylic oxidation sites excluding steroid dienone is 2. The molecule has 0 saturated heterocycles. The highest BCUT2D eigenvalue weighted by Crippen LogP contribution is 2.11. The average molecular weight is 252 g/mol. The molecule has 0 aliphatic heterocycles. The van der Waals surface area contributed by atoms with Crippen LogP contribution < -0.4 is 0 Å². The summed E-state index contributed by atoms with van der Waals surface area (Å²) < 4.78 is 0. The maximum absolute atomic E-state index is 10.1. The molecule has 0 spiro atoms. The van der Waals surface area contributed by atoms with Gasteiger partial charge in [-0.1, -0.05) is 70.4 Å². The van der Waals surface area contributed by atoms with Crippen LogP contribution in [0.25, 0.3) is 0 Å². The van der Waals surface area contributed by atoms with E-state index < -0.39 is 0 Å². The lowest BCUT2D eigenvalue weighted by molar-refractivity contribution is -0.107. The van der Waals surface area contributed by atoms with Gasteiger partial charge in [-0.25, -0.2) is 0 Å². The van der Waals surface area contributed by atoms with E-state index in [1.54, 1.807) is 0 Å². The van der Waals surface area contributed by atoms with Crippen LogP contribution in [0.2, 0.25) is 0 Å². The maximum Gasteiger partial charge on any atom is 0.119 e. The van der Waals surface area contributed by atoms with Crippen LogP contribution in [-0.2, 0) is 4.79 Å². The van der Waals surface area contributed by atoms with Gasteiger partial charge in [0.15, 0.2) is 0 Å². The Kier molecular flexibility index (Phi) is 15.9. The summed E-state index contributed by atoms with van der Waals surface area (Å²) in [5.41, 5.74) is 0. The predicted molar refractivity (Wildman–Crippen MR) is 80.9 cm³/mol. The molecule has 0 aliphatic carbocycles. The first-order valence-corrected chi connectivity index (χ1v) is 8.00. The second-order valence-corrected chi connectivity index (χ2v) is 5.16. The molecule has 0 heterocycles. The fourth-order valence-corrected chi connectivity index (χ4v) is 2.19. The highest BCUT2D eigenvalue weighted by molar-refractivity contribution is 5.48. The van der Waals surface area contributed by atoms with E-state index in [2.05, 4.69) is 19.1 Å². The van der Waals surface area contributed by atoms with Gasteiger partial charge in [0, 0.05) is 6.42 Å². The van der Waals surface area contributed by atoms with Crippen molar-refractivity contribution in [3.63, 3.8) is 0 Å². The number of carbonyl (C=O) groups excluding carboxylic acids is 1. The van der Waals surface area contributed by atoms with E-state index in [4.69, 9.17) is 0 Å². The zero-order chi connectivity index (χ0) is 13.3. The quantitative estimate of drug-likeness (QED) is 0.216. The highest BCUT2D eigenvalue weighted by Gasteiger charge is 1.92. The molecule has 0 radical (unpaired) electrons. The van der Waals surface area contributed by atoms with Crippen molar-refractivity contribution in [1.82, 2.24) is 0 Å². The zero-order valence-corrected chi connectivity index (χ0v) is 12.3. The molecule has 106 valence electrons. The van der Waals surface area contributed by atoms with Gasteiger partial charge < -0.3 is 4.79 Å². The second kappa shape index (κ2) is 16.4. The van der Waals surface area contributed by atoms with Crippen molar-refractivity contribution < 1.29 is 4.79 Å². The van der Waals surface area contributed by atoms with E-state index >= 15 is 0 Å². The van der Waals surface area contributed by atoms with Crippen LogP contribution in [0.4, 0.5) is 0 Å². The molecular formula is C17H32O. The minimum absolute atomic E-state index is 0.756. The number of aldehydes is 1. The number of unbranched alkanes of at least 4 members (excludes halogenated alkanes) is 11. The normalized spacial score (nSPS) is 11.2. The van der Waals surface area contributed by atoms with Crippen LogP contribution in [0.1, 0.15) is 90.4 Å². The molecule has 0 aromatic carbocycles. The number of hydrogen-bond acceptors (Lipinski definition) is 1. The molecule has 0 unspecified atom stereocenters. The fraction of sp³-hybridized carbons (Fsp3) is 0.824. The van der Waals surface area contributed by atoms with Gasteiger partial charge >= 0.3 is 0 Å². The first kappa shape index (κ1) is 17.4. The number of rotatable bonds is 14. The van der Waals surface area contributed by atoms with Crippen molar-refractivity contribution in [2.24, 2.45) is 0 Å². The molecule has 18 heavy (non-hydrogen) atoms. The molecule has 0 aromatic heterocycles. The van der Waals surface area contributed by atoms with E-state index in [9.17, 15) is 4.79 Å². The highest BCUT2D eigenvalue weighted by atomic mass is 16.1. The van der Waals surface area contributed by atoms with Crippen molar-refractivity contribution in [3.05, 3.63) is 12.2 Å². The Balaban J connectivity index is 2.94. The first-order chi connectivity index (χ1) is 8.91. The van der Waals surface area contributed by atoms with E-state index in [0.29, 0.717) is 0 Å². The minimum Gasteiger partial charge on any atom is -0.303 e. The summed E-state index contributed by atoms with van der Waals surface area (Å²) in [6.45, 7) is 2.19. The van der Waals surface area contributed by atoms with Gasteiger partial charge in [-0.3, -0.25) is 0 Å². The zero-order valence-electron chi connectivity index (χ0n) is 12.3. The molecule has 0 saturated carbocycles. The van der Waals surface area contributed by atoms with Crippen LogP contribution in [0, 0.1) is 0 Å². The Morgan fingerprint density at radius 2 is 1.06 bits per heavy atom. The summed E-state index contributed by atoms with van der Waals surface area (Å²) in [7, 11) is 0. The van der Waals surface area contributed by atoms with Crippen molar-refractivity contribution in [2.45, 2.75) is 90.4 Å². The third-order valence-corrected chi connectivity index (χ3v) is 3.35. The predicted octanol–water partition coefficient (Wildman–Crippen LogP) is 5.83. The Labute approximate surface area is 114 Å². The molecule has 0 fully saturated rings. The molecule has 0 atom stereocenters. The summed E-state index contributed by atoms with van der Waals surface area (Å²) in [6, 6.07) is 0. The summed E-state index contributed by atoms with van der Waals surface area (Å²) in [5, 5.41) is 0. The van der Waals surface area contributed by atoms with E-state index in [1.807, 2.05) is 0 Å². The smallest absolute Gasteiger partial charge is 0.119 e. The van der Waals surface area contributed by atoms with Crippen molar-refractivity contribution in [2.75, 3.05) is 0 Å². The van der Waals surface area contributed by atoms with Crippen LogP contribution >= 0.6 is 0 Å². The molecule has 0 aromatic rings. The van der Waals surface area contributed by atoms with Gasteiger partial charge in [0.25, 0.3) is 0 Å². The number of carbonyl (C=O) groups is 1. The lowest BCUT2D eigenvalue weighted by Gasteiger charge is -2.01. The fourth-order valence-electron chi connectivity index (χ4n) is 2.19. The molecule has 1 nitrogen and oxygen atoms in total. The van der Waals surface area contributed by atoms with Crippen LogP contribution in [-0.4, -0.2) is 6.29 Å². The maximum atomic E-state index is 10.1. The Morgan fingerprint density at radius 1 is 0.611 bits per heavy atom. The van der Waals surface area contributed by atoms with Gasteiger partial charge in [-0.05, 0) is 25.7 Å². The SMILES string of the molecule is CCC=CCCCCCCCCCCCCC=O. The summed E-state index contributed by atoms with van der Waals surface area (Å²) in [4.78, 5) is 10.1. The standard InChI is InChI=1S/C17H32O/c1-2-3-4-5-6-7-8-9-10-11-12-13-14-15-16-17-18/h3-4,17H,2,5-16H2,1H3. The van der Waals surface area contributed by atoms with Gasteiger partial charge in [0.2, 0.25) is 0 Å². The molecule has 0 N–H and O–H groups in total. The molecule has 0 bridgehead atoms. The van der Waals surface area contributed by atoms with Gasteiger partial charge in [0.1, 0.15) is 6.29 Å². The van der Waals surface area contributed by atoms with Crippen LogP contribution in [0.5, 0.6) is 0 Å². The van der Waals surface area contributed by atoms with Crippen molar-refractivity contribution in [3.8, 4) is 0 Å². The Bertz CT molecular complexity index is 184. The summed E-state index contributed by atoms with van der Waals surface area (Å²) >= 11 is 0. The van der Waals surface area contributed by atoms with Gasteiger partial charge in [-0.15, -0.1) is 0 Å². The molecule has 1 heteroatoms. The molecular weight excluding hydrogens is 220 g/mol. The third-order valence-electron chi connectivity index (χ3n) is 3.35. The monoisotopic (exact) mass is 252 g/mol. The lowest BCUT2D eigenvalue weighted by Crippen LogP contribution is -1.82. The van der Waals surface area contributed by atoms with Gasteiger partial charge in [-0.2, -0.15) is 0 Å². The number of hydrogen-bond donors (Lipinski definition) is 0. The first-order valence-electron chi connectivity index (χ1n) is 8.00. The van der Waals surface area contributed by atoms with E-state index in [1.165, 1.54) is 70.6 Å². The lowest BCUT2D eigenvalue weighted by atomic mass is 10.1. The largest absolute Gasteiger partial charge is 0.303 e. The van der Waals surface area contributed by atoms with E-state index in [0.717, 1.165) is 19.1 Å². The molecule has 0 rings (SSSR count). The summed E-state index contributed by atoms with van der Waals surface area (Å²) in [6.07, 6.45) is 22.2. The van der Waals surface area contributed by atoms with E-state index in [-0.39, 0.29) is 0 Å². The van der Waals surface area contributed by atoms with Crippen LogP contribution in [0.3, 0.4) is 0 Å². The average Bonchev–Trinajstić information content (AvgIpc) is 2.39. The van der Waals surface area contributed by atoms with Gasteiger partial charge in [0.05, 0.1) is 0 Å². The molecule has 0 aliphatic rings. The topological polar surface area (TPSA) is 17.1 Å². The Morgan fingerprint density at radius 3 is 1.50 bits per heavy atom. The third kappa shape index (κ3) is 15.4. The van der Waals surface area contributed by atoms with Crippen LogP contribution in [0.15, 0.2) is 12.2 Å². The van der Waals surface area contributed by atoms with Crippen molar-refractivity contribution in [1.29, 1.82) is 0 Å².